The van der Waals surface area contributed by atoms with Crippen LogP contribution < -0.4 is 11.3 Å². The molecule has 3 rings (SSSR count). The van der Waals surface area contributed by atoms with E-state index in [9.17, 15) is 0 Å². The Labute approximate surface area is 128 Å². The van der Waals surface area contributed by atoms with Gasteiger partial charge in [-0.2, -0.15) is 0 Å². The van der Waals surface area contributed by atoms with Crippen molar-refractivity contribution in [1.82, 2.24) is 5.43 Å². The Morgan fingerprint density at radius 2 is 1.90 bits per heavy atom. The van der Waals surface area contributed by atoms with Crippen molar-refractivity contribution >= 4 is 23.2 Å². The minimum Gasteiger partial charge on any atom is -0.271 e. The number of fused-ring (bicyclic) bond motifs is 1. The van der Waals surface area contributed by atoms with Crippen LogP contribution >= 0.6 is 23.2 Å². The van der Waals surface area contributed by atoms with Crippen molar-refractivity contribution < 1.29 is 0 Å². The Hall–Kier alpha value is -1.06. The highest BCUT2D eigenvalue weighted by Gasteiger charge is 2.30. The van der Waals surface area contributed by atoms with E-state index in [1.165, 1.54) is 11.1 Å². The van der Waals surface area contributed by atoms with Gasteiger partial charge in [-0.3, -0.25) is 11.3 Å². The molecular formula is C16H16Cl2N2. The van der Waals surface area contributed by atoms with Crippen molar-refractivity contribution in [2.45, 2.75) is 24.8 Å². The Bertz CT molecular complexity index is 628. The third-order valence-corrected chi connectivity index (χ3v) is 4.80. The normalized spacial score (nSPS) is 18.9. The highest BCUT2D eigenvalue weighted by atomic mass is 35.5. The summed E-state index contributed by atoms with van der Waals surface area (Å²) in [5.74, 6) is 6.17. The van der Waals surface area contributed by atoms with Crippen LogP contribution in [-0.4, -0.2) is 0 Å². The molecule has 1 aliphatic carbocycles. The maximum atomic E-state index is 6.12. The molecule has 2 atom stereocenters. The molecule has 0 saturated carbocycles. The topological polar surface area (TPSA) is 38.0 Å². The zero-order chi connectivity index (χ0) is 14.1. The standard InChI is InChI=1S/C16H16Cl2N2/c17-14-8-6-11(9-15(14)18)16(20-19)13-7-5-10-3-1-2-4-12(10)13/h1-4,6,8-9,13,16,20H,5,7,19H2. The van der Waals surface area contributed by atoms with Gasteiger partial charge >= 0.3 is 0 Å². The lowest BCUT2D eigenvalue weighted by atomic mass is 9.89. The van der Waals surface area contributed by atoms with Gasteiger partial charge in [-0.05, 0) is 41.7 Å². The van der Waals surface area contributed by atoms with Gasteiger partial charge in [0, 0.05) is 5.92 Å². The first kappa shape index (κ1) is 13.9. The molecule has 2 aromatic carbocycles. The molecule has 3 N–H and O–H groups in total. The first-order valence-corrected chi connectivity index (χ1v) is 7.45. The van der Waals surface area contributed by atoms with Crippen molar-refractivity contribution in [1.29, 1.82) is 0 Å². The zero-order valence-electron chi connectivity index (χ0n) is 10.9. The predicted molar refractivity (Wildman–Crippen MR) is 84.0 cm³/mol. The van der Waals surface area contributed by atoms with Crippen LogP contribution in [0.1, 0.15) is 35.1 Å². The summed E-state index contributed by atoms with van der Waals surface area (Å²) < 4.78 is 0. The molecule has 1 aliphatic rings. The van der Waals surface area contributed by atoms with Gasteiger partial charge < -0.3 is 0 Å². The summed E-state index contributed by atoms with van der Waals surface area (Å²) in [4.78, 5) is 0. The summed E-state index contributed by atoms with van der Waals surface area (Å²) in [7, 11) is 0. The van der Waals surface area contributed by atoms with Crippen molar-refractivity contribution in [3.63, 3.8) is 0 Å². The fourth-order valence-electron chi connectivity index (χ4n) is 3.09. The second-order valence-corrected chi connectivity index (χ2v) is 5.98. The van der Waals surface area contributed by atoms with Crippen LogP contribution in [0.4, 0.5) is 0 Å². The number of nitrogens with one attached hydrogen (secondary N) is 1. The molecule has 4 heteroatoms. The van der Waals surface area contributed by atoms with E-state index < -0.39 is 0 Å². The minimum absolute atomic E-state index is 0.0495. The maximum Gasteiger partial charge on any atom is 0.0595 e. The molecule has 0 bridgehead atoms. The molecule has 2 nitrogen and oxygen atoms in total. The first-order chi connectivity index (χ1) is 9.70. The quantitative estimate of drug-likeness (QED) is 0.658. The monoisotopic (exact) mass is 306 g/mol. The van der Waals surface area contributed by atoms with Crippen molar-refractivity contribution in [3.8, 4) is 0 Å². The van der Waals surface area contributed by atoms with Gasteiger partial charge in [0.2, 0.25) is 0 Å². The van der Waals surface area contributed by atoms with E-state index in [1.54, 1.807) is 0 Å². The highest BCUT2D eigenvalue weighted by molar-refractivity contribution is 6.42. The number of halogens is 2. The average molecular weight is 307 g/mol. The molecule has 104 valence electrons. The Morgan fingerprint density at radius 3 is 2.65 bits per heavy atom. The van der Waals surface area contributed by atoms with Gasteiger partial charge in [-0.15, -0.1) is 0 Å². The number of hydrazine groups is 1. The van der Waals surface area contributed by atoms with Crippen LogP contribution in [0.2, 0.25) is 10.0 Å². The van der Waals surface area contributed by atoms with Crippen LogP contribution in [0.5, 0.6) is 0 Å². The van der Waals surface area contributed by atoms with Crippen molar-refractivity contribution in [2.75, 3.05) is 0 Å². The third kappa shape index (κ3) is 2.45. The van der Waals surface area contributed by atoms with Gasteiger partial charge in [0.05, 0.1) is 16.1 Å². The van der Waals surface area contributed by atoms with Gasteiger partial charge in [-0.25, -0.2) is 0 Å². The van der Waals surface area contributed by atoms with Crippen molar-refractivity contribution in [2.24, 2.45) is 5.84 Å². The summed E-state index contributed by atoms with van der Waals surface area (Å²) in [6, 6.07) is 14.3. The van der Waals surface area contributed by atoms with E-state index in [0.717, 1.165) is 18.4 Å². The van der Waals surface area contributed by atoms with Gasteiger partial charge in [0.25, 0.3) is 0 Å². The number of hydrogen-bond donors (Lipinski definition) is 2. The molecular weight excluding hydrogens is 291 g/mol. The fraction of sp³-hybridized carbons (Fsp3) is 0.250. The van der Waals surface area contributed by atoms with E-state index in [2.05, 4.69) is 29.7 Å². The van der Waals surface area contributed by atoms with Gasteiger partial charge in [0.1, 0.15) is 0 Å². The average Bonchev–Trinajstić information content (AvgIpc) is 2.88. The number of rotatable bonds is 3. The lowest BCUT2D eigenvalue weighted by Crippen LogP contribution is -2.32. The molecule has 0 fully saturated rings. The summed E-state index contributed by atoms with van der Waals surface area (Å²) in [6.45, 7) is 0. The van der Waals surface area contributed by atoms with Crippen LogP contribution in [0.15, 0.2) is 42.5 Å². The largest absolute Gasteiger partial charge is 0.271 e. The molecule has 2 aromatic rings. The van der Waals surface area contributed by atoms with Crippen LogP contribution in [-0.2, 0) is 6.42 Å². The van der Waals surface area contributed by atoms with Gasteiger partial charge in [-0.1, -0.05) is 53.5 Å². The lowest BCUT2D eigenvalue weighted by Gasteiger charge is -2.24. The summed E-state index contributed by atoms with van der Waals surface area (Å²) in [5, 5.41) is 1.13. The predicted octanol–water partition coefficient (Wildman–Crippen LogP) is 4.23. The third-order valence-electron chi connectivity index (χ3n) is 4.06. The van der Waals surface area contributed by atoms with E-state index >= 15 is 0 Å². The molecule has 0 spiro atoms. The van der Waals surface area contributed by atoms with Crippen LogP contribution in [0.3, 0.4) is 0 Å². The Morgan fingerprint density at radius 1 is 1.10 bits per heavy atom. The van der Waals surface area contributed by atoms with E-state index in [4.69, 9.17) is 29.0 Å². The number of benzene rings is 2. The maximum absolute atomic E-state index is 6.12. The minimum atomic E-state index is 0.0495. The first-order valence-electron chi connectivity index (χ1n) is 6.69. The summed E-state index contributed by atoms with van der Waals surface area (Å²) in [5.41, 5.74) is 6.81. The van der Waals surface area contributed by atoms with E-state index in [1.807, 2.05) is 18.2 Å². The lowest BCUT2D eigenvalue weighted by molar-refractivity contribution is 0.453. The Kier molecular flexibility index (Phi) is 3.99. The fourth-order valence-corrected chi connectivity index (χ4v) is 3.39. The SMILES string of the molecule is NNC(c1ccc(Cl)c(Cl)c1)C1CCc2ccccc21. The molecule has 20 heavy (non-hydrogen) atoms. The number of nitrogens with two attached hydrogens (primary N) is 1. The number of aryl methyl sites for hydroxylation is 1. The Balaban J connectivity index is 1.97. The second-order valence-electron chi connectivity index (χ2n) is 5.16. The molecule has 0 aliphatic heterocycles. The molecule has 0 saturated heterocycles. The molecule has 0 amide bonds. The molecule has 2 unspecified atom stereocenters. The molecule has 0 radical (unpaired) electrons. The highest BCUT2D eigenvalue weighted by Crippen LogP contribution is 2.42. The van der Waals surface area contributed by atoms with E-state index in [-0.39, 0.29) is 6.04 Å². The number of hydrogen-bond acceptors (Lipinski definition) is 2. The molecule has 0 aromatic heterocycles. The zero-order valence-corrected chi connectivity index (χ0v) is 12.5. The summed E-state index contributed by atoms with van der Waals surface area (Å²) in [6.07, 6.45) is 2.19. The second kappa shape index (κ2) is 5.74. The smallest absolute Gasteiger partial charge is 0.0595 e. The summed E-state index contributed by atoms with van der Waals surface area (Å²) >= 11 is 12.1. The van der Waals surface area contributed by atoms with Crippen molar-refractivity contribution in [3.05, 3.63) is 69.2 Å². The van der Waals surface area contributed by atoms with Crippen LogP contribution in [0.25, 0.3) is 0 Å². The molecule has 0 heterocycles. The van der Waals surface area contributed by atoms with Crippen LogP contribution in [0, 0.1) is 0 Å². The van der Waals surface area contributed by atoms with E-state index in [0.29, 0.717) is 16.0 Å². The van der Waals surface area contributed by atoms with Gasteiger partial charge in [0.15, 0.2) is 0 Å².